The van der Waals surface area contributed by atoms with Crippen LogP contribution in [0.5, 0.6) is 0 Å². The van der Waals surface area contributed by atoms with E-state index in [0.717, 1.165) is 5.56 Å². The maximum Gasteiger partial charge on any atom is 0.331 e. The topological polar surface area (TPSA) is 89.5 Å². The SMILES string of the molecule is CC(OC(=O)/C=C/c1ccsc1)C(=O)Nc1cccc2c1C(=O)c1ccccc1C2=O. The number of ether oxygens (including phenoxy) is 1. The summed E-state index contributed by atoms with van der Waals surface area (Å²) in [5.41, 5.74) is 2.05. The molecule has 0 saturated heterocycles. The number of carbonyl (C=O) groups excluding carboxylic acids is 4. The van der Waals surface area contributed by atoms with E-state index < -0.39 is 18.0 Å². The average Bonchev–Trinajstić information content (AvgIpc) is 3.29. The highest BCUT2D eigenvalue weighted by Crippen LogP contribution is 2.32. The summed E-state index contributed by atoms with van der Waals surface area (Å²) < 4.78 is 5.14. The summed E-state index contributed by atoms with van der Waals surface area (Å²) in [6, 6.07) is 13.1. The molecule has 1 aromatic heterocycles. The van der Waals surface area contributed by atoms with Gasteiger partial charge in [-0.25, -0.2) is 4.79 Å². The summed E-state index contributed by atoms with van der Waals surface area (Å²) in [6.45, 7) is 1.43. The quantitative estimate of drug-likeness (QED) is 0.379. The number of hydrogen-bond acceptors (Lipinski definition) is 6. The van der Waals surface area contributed by atoms with Crippen molar-refractivity contribution in [3.8, 4) is 0 Å². The Hall–Kier alpha value is -3.84. The van der Waals surface area contributed by atoms with Crippen LogP contribution >= 0.6 is 11.3 Å². The van der Waals surface area contributed by atoms with Gasteiger partial charge in [-0.2, -0.15) is 11.3 Å². The van der Waals surface area contributed by atoms with Gasteiger partial charge in [0.1, 0.15) is 0 Å². The van der Waals surface area contributed by atoms with E-state index in [2.05, 4.69) is 5.32 Å². The molecule has 1 aliphatic carbocycles. The van der Waals surface area contributed by atoms with Crippen molar-refractivity contribution in [1.82, 2.24) is 0 Å². The minimum Gasteiger partial charge on any atom is -0.449 e. The molecule has 0 aliphatic heterocycles. The Morgan fingerprint density at radius 3 is 2.39 bits per heavy atom. The summed E-state index contributed by atoms with van der Waals surface area (Å²) in [7, 11) is 0. The molecule has 0 spiro atoms. The summed E-state index contributed by atoms with van der Waals surface area (Å²) in [6.07, 6.45) is 1.74. The zero-order valence-corrected chi connectivity index (χ0v) is 17.3. The van der Waals surface area contributed by atoms with Gasteiger partial charge in [-0.05, 0) is 41.5 Å². The number of fused-ring (bicyclic) bond motifs is 2. The summed E-state index contributed by atoms with van der Waals surface area (Å²) in [4.78, 5) is 50.4. The maximum atomic E-state index is 13.0. The van der Waals surface area contributed by atoms with E-state index in [1.807, 2.05) is 16.8 Å². The summed E-state index contributed by atoms with van der Waals surface area (Å²) in [5, 5.41) is 6.37. The summed E-state index contributed by atoms with van der Waals surface area (Å²) >= 11 is 1.50. The monoisotopic (exact) mass is 431 g/mol. The number of ketones is 2. The van der Waals surface area contributed by atoms with E-state index in [9.17, 15) is 19.2 Å². The molecule has 3 aromatic rings. The van der Waals surface area contributed by atoms with Crippen LogP contribution in [0.1, 0.15) is 44.3 Å². The first-order valence-electron chi connectivity index (χ1n) is 9.49. The summed E-state index contributed by atoms with van der Waals surface area (Å²) in [5.74, 6) is -1.89. The number of carbonyl (C=O) groups is 4. The fourth-order valence-electron chi connectivity index (χ4n) is 3.28. The molecule has 1 aliphatic rings. The van der Waals surface area contributed by atoms with Gasteiger partial charge in [0, 0.05) is 22.8 Å². The van der Waals surface area contributed by atoms with Gasteiger partial charge in [-0.15, -0.1) is 0 Å². The van der Waals surface area contributed by atoms with Crippen molar-refractivity contribution in [3.63, 3.8) is 0 Å². The van der Waals surface area contributed by atoms with Crippen LogP contribution in [0.4, 0.5) is 5.69 Å². The predicted octanol–water partition coefficient (Wildman–Crippen LogP) is 4.11. The minimum absolute atomic E-state index is 0.135. The Morgan fingerprint density at radius 2 is 1.68 bits per heavy atom. The molecule has 0 fully saturated rings. The van der Waals surface area contributed by atoms with E-state index in [4.69, 9.17) is 4.74 Å². The smallest absolute Gasteiger partial charge is 0.331 e. The van der Waals surface area contributed by atoms with Gasteiger partial charge in [0.15, 0.2) is 17.7 Å². The van der Waals surface area contributed by atoms with Crippen LogP contribution < -0.4 is 5.32 Å². The van der Waals surface area contributed by atoms with Crippen molar-refractivity contribution in [1.29, 1.82) is 0 Å². The third kappa shape index (κ3) is 4.08. The van der Waals surface area contributed by atoms with Crippen LogP contribution in [0.3, 0.4) is 0 Å². The molecule has 6 nitrogen and oxygen atoms in total. The van der Waals surface area contributed by atoms with E-state index >= 15 is 0 Å². The predicted molar refractivity (Wildman–Crippen MR) is 117 cm³/mol. The molecule has 1 heterocycles. The van der Waals surface area contributed by atoms with Gasteiger partial charge < -0.3 is 10.1 Å². The number of thiophene rings is 1. The minimum atomic E-state index is -1.10. The zero-order valence-electron chi connectivity index (χ0n) is 16.5. The van der Waals surface area contributed by atoms with Gasteiger partial charge in [-0.3, -0.25) is 14.4 Å². The van der Waals surface area contributed by atoms with Crippen molar-refractivity contribution in [2.75, 3.05) is 5.32 Å². The highest BCUT2D eigenvalue weighted by Gasteiger charge is 2.32. The number of hydrogen-bond donors (Lipinski definition) is 1. The van der Waals surface area contributed by atoms with Crippen LogP contribution in [-0.2, 0) is 14.3 Å². The van der Waals surface area contributed by atoms with Crippen molar-refractivity contribution < 1.29 is 23.9 Å². The van der Waals surface area contributed by atoms with Crippen LogP contribution in [0.2, 0.25) is 0 Å². The third-order valence-electron chi connectivity index (χ3n) is 4.83. The lowest BCUT2D eigenvalue weighted by atomic mass is 9.83. The Kier molecular flexibility index (Phi) is 5.60. The Bertz CT molecular complexity index is 1230. The van der Waals surface area contributed by atoms with E-state index in [1.165, 1.54) is 24.3 Å². The molecule has 1 N–H and O–H groups in total. The molecule has 31 heavy (non-hydrogen) atoms. The lowest BCUT2D eigenvalue weighted by Crippen LogP contribution is -2.31. The Balaban J connectivity index is 1.51. The van der Waals surface area contributed by atoms with Crippen LogP contribution in [0.25, 0.3) is 6.08 Å². The molecular weight excluding hydrogens is 414 g/mol. The molecule has 0 saturated carbocycles. The van der Waals surface area contributed by atoms with Gasteiger partial charge in [0.25, 0.3) is 5.91 Å². The highest BCUT2D eigenvalue weighted by molar-refractivity contribution is 7.08. The number of amides is 1. The second-order valence-electron chi connectivity index (χ2n) is 6.89. The number of anilines is 1. The molecular formula is C24H17NO5S. The maximum absolute atomic E-state index is 13.0. The molecule has 2 aromatic carbocycles. The second-order valence-corrected chi connectivity index (χ2v) is 7.67. The fourth-order valence-corrected chi connectivity index (χ4v) is 3.91. The molecule has 4 rings (SSSR count). The third-order valence-corrected chi connectivity index (χ3v) is 5.53. The zero-order chi connectivity index (χ0) is 22.0. The van der Waals surface area contributed by atoms with Gasteiger partial charge in [-0.1, -0.05) is 36.4 Å². The number of benzene rings is 2. The standard InChI is InChI=1S/C24H17NO5S/c1-14(30-20(26)10-9-15-11-12-31-13-15)24(29)25-19-8-4-7-18-21(19)23(28)17-6-3-2-5-16(17)22(18)27/h2-14H,1H3,(H,25,29)/b10-9+. The first-order chi connectivity index (χ1) is 15.0. The second kappa shape index (κ2) is 8.49. The van der Waals surface area contributed by atoms with E-state index in [-0.39, 0.29) is 28.4 Å². The number of nitrogens with one attached hydrogen (secondary N) is 1. The highest BCUT2D eigenvalue weighted by atomic mass is 32.1. The fraction of sp³-hybridized carbons (Fsp3) is 0.0833. The molecule has 1 atom stereocenters. The van der Waals surface area contributed by atoms with E-state index in [1.54, 1.807) is 48.5 Å². The number of rotatable bonds is 5. The molecule has 154 valence electrons. The van der Waals surface area contributed by atoms with Gasteiger partial charge in [0.2, 0.25) is 0 Å². The van der Waals surface area contributed by atoms with Crippen molar-refractivity contribution in [3.05, 3.63) is 93.2 Å². The van der Waals surface area contributed by atoms with Crippen molar-refractivity contribution in [2.45, 2.75) is 13.0 Å². The molecule has 0 radical (unpaired) electrons. The molecule has 0 bridgehead atoms. The first-order valence-corrected chi connectivity index (χ1v) is 10.4. The lowest BCUT2D eigenvalue weighted by Gasteiger charge is -2.21. The first kappa shape index (κ1) is 20.4. The Labute approximate surface area is 182 Å². The number of esters is 1. The van der Waals surface area contributed by atoms with Crippen molar-refractivity contribution >= 4 is 46.5 Å². The normalized spacial score (nSPS) is 13.5. The Morgan fingerprint density at radius 1 is 0.968 bits per heavy atom. The van der Waals surface area contributed by atoms with Crippen LogP contribution in [0, 0.1) is 0 Å². The molecule has 1 amide bonds. The largest absolute Gasteiger partial charge is 0.449 e. The van der Waals surface area contributed by atoms with Crippen molar-refractivity contribution in [2.24, 2.45) is 0 Å². The molecule has 1 unspecified atom stereocenters. The van der Waals surface area contributed by atoms with E-state index in [0.29, 0.717) is 11.1 Å². The molecule has 7 heteroatoms. The lowest BCUT2D eigenvalue weighted by molar-refractivity contribution is -0.148. The van der Waals surface area contributed by atoms with Crippen LogP contribution in [0.15, 0.2) is 65.4 Å². The average molecular weight is 431 g/mol. The van der Waals surface area contributed by atoms with Crippen LogP contribution in [-0.4, -0.2) is 29.5 Å². The van der Waals surface area contributed by atoms with Gasteiger partial charge in [0.05, 0.1) is 11.3 Å². The van der Waals surface area contributed by atoms with Gasteiger partial charge >= 0.3 is 5.97 Å².